The first kappa shape index (κ1) is 19.4. The van der Waals surface area contributed by atoms with Crippen LogP contribution in [0.4, 0.5) is 11.4 Å². The number of hydrogen-bond acceptors (Lipinski definition) is 4. The summed E-state index contributed by atoms with van der Waals surface area (Å²) in [6.07, 6.45) is 0. The Labute approximate surface area is 160 Å². The number of hydrogen-bond donors (Lipinski definition) is 2. The van der Waals surface area contributed by atoms with Gasteiger partial charge in [0.2, 0.25) is 11.8 Å². The highest BCUT2D eigenvalue weighted by molar-refractivity contribution is 8.00. The quantitative estimate of drug-likeness (QED) is 0.728. The molecule has 25 heavy (non-hydrogen) atoms. The van der Waals surface area contributed by atoms with Gasteiger partial charge < -0.3 is 15.4 Å². The molecule has 0 aromatic heterocycles. The number of methoxy groups -OCH3 is 1. The Morgan fingerprint density at radius 2 is 1.64 bits per heavy atom. The molecule has 2 N–H and O–H groups in total. The van der Waals surface area contributed by atoms with E-state index in [1.54, 1.807) is 49.6 Å². The Kier molecular flexibility index (Phi) is 7.43. The smallest absolute Gasteiger partial charge is 0.234 e. The van der Waals surface area contributed by atoms with Crippen LogP contribution >= 0.6 is 35.0 Å². The summed E-state index contributed by atoms with van der Waals surface area (Å²) in [4.78, 5) is 23.8. The van der Waals surface area contributed by atoms with Crippen LogP contribution < -0.4 is 15.4 Å². The van der Waals surface area contributed by atoms with Gasteiger partial charge in [-0.3, -0.25) is 9.59 Å². The SMILES string of the molecule is COc1ccc(NC(=O)CSCC(=O)Nc2cc(Cl)ccc2Cl)cc1. The van der Waals surface area contributed by atoms with Crippen LogP contribution in [0.2, 0.25) is 10.0 Å². The van der Waals surface area contributed by atoms with Crippen molar-refractivity contribution >= 4 is 58.2 Å². The van der Waals surface area contributed by atoms with Crippen molar-refractivity contribution in [2.24, 2.45) is 0 Å². The van der Waals surface area contributed by atoms with Gasteiger partial charge in [0.1, 0.15) is 5.75 Å². The van der Waals surface area contributed by atoms with Crippen LogP contribution in [-0.4, -0.2) is 30.4 Å². The summed E-state index contributed by atoms with van der Waals surface area (Å²) in [6, 6.07) is 11.8. The van der Waals surface area contributed by atoms with E-state index < -0.39 is 0 Å². The monoisotopic (exact) mass is 398 g/mol. The van der Waals surface area contributed by atoms with Gasteiger partial charge in [-0.2, -0.15) is 0 Å². The van der Waals surface area contributed by atoms with E-state index in [0.717, 1.165) is 0 Å². The standard InChI is InChI=1S/C17H16Cl2N2O3S/c1-24-13-5-3-12(4-6-13)20-16(22)9-25-10-17(23)21-15-8-11(18)2-7-14(15)19/h2-8H,9-10H2,1H3,(H,20,22)(H,21,23). The highest BCUT2D eigenvalue weighted by atomic mass is 35.5. The lowest BCUT2D eigenvalue weighted by Gasteiger charge is -2.08. The van der Waals surface area contributed by atoms with Crippen LogP contribution in [-0.2, 0) is 9.59 Å². The van der Waals surface area contributed by atoms with E-state index in [2.05, 4.69) is 10.6 Å². The second-order valence-electron chi connectivity index (χ2n) is 4.94. The summed E-state index contributed by atoms with van der Waals surface area (Å²) >= 11 is 13.1. The summed E-state index contributed by atoms with van der Waals surface area (Å²) in [5.74, 6) is 0.542. The second-order valence-corrected chi connectivity index (χ2v) is 6.77. The fraction of sp³-hybridized carbons (Fsp3) is 0.176. The normalized spacial score (nSPS) is 10.2. The minimum Gasteiger partial charge on any atom is -0.497 e. The molecular weight excluding hydrogens is 383 g/mol. The van der Waals surface area contributed by atoms with Gasteiger partial charge >= 0.3 is 0 Å². The van der Waals surface area contributed by atoms with Crippen molar-refractivity contribution in [1.82, 2.24) is 0 Å². The lowest BCUT2D eigenvalue weighted by molar-refractivity contribution is -0.114. The van der Waals surface area contributed by atoms with E-state index in [4.69, 9.17) is 27.9 Å². The Balaban J connectivity index is 1.74. The molecule has 2 amide bonds. The largest absolute Gasteiger partial charge is 0.497 e. The molecule has 0 unspecified atom stereocenters. The van der Waals surface area contributed by atoms with Crippen molar-refractivity contribution in [2.45, 2.75) is 0 Å². The van der Waals surface area contributed by atoms with Crippen molar-refractivity contribution in [3.63, 3.8) is 0 Å². The molecule has 5 nitrogen and oxygen atoms in total. The molecule has 0 fully saturated rings. The van der Waals surface area contributed by atoms with Crippen molar-refractivity contribution in [3.05, 3.63) is 52.5 Å². The molecule has 0 heterocycles. The van der Waals surface area contributed by atoms with Crippen LogP contribution in [0.25, 0.3) is 0 Å². The van der Waals surface area contributed by atoms with Crippen LogP contribution in [0.3, 0.4) is 0 Å². The topological polar surface area (TPSA) is 67.4 Å². The molecule has 0 aliphatic heterocycles. The third-order valence-electron chi connectivity index (χ3n) is 3.04. The number of amides is 2. The summed E-state index contributed by atoms with van der Waals surface area (Å²) < 4.78 is 5.05. The molecule has 0 radical (unpaired) electrons. The molecule has 0 saturated carbocycles. The predicted octanol–water partition coefficient (Wildman–Crippen LogP) is 4.31. The molecule has 8 heteroatoms. The maximum Gasteiger partial charge on any atom is 0.234 e. The van der Waals surface area contributed by atoms with Gasteiger partial charge in [0.05, 0.1) is 29.3 Å². The maximum absolute atomic E-state index is 11.9. The van der Waals surface area contributed by atoms with Crippen LogP contribution in [0.15, 0.2) is 42.5 Å². The summed E-state index contributed by atoms with van der Waals surface area (Å²) in [7, 11) is 1.58. The number of carbonyl (C=O) groups excluding carboxylic acids is 2. The van der Waals surface area contributed by atoms with Crippen LogP contribution in [0.1, 0.15) is 0 Å². The number of rotatable bonds is 7. The number of benzene rings is 2. The van der Waals surface area contributed by atoms with Crippen LogP contribution in [0, 0.1) is 0 Å². The summed E-state index contributed by atoms with van der Waals surface area (Å²) in [5, 5.41) is 6.29. The molecular formula is C17H16Cl2N2O3S. The van der Waals surface area contributed by atoms with Gasteiger partial charge in [-0.05, 0) is 42.5 Å². The zero-order chi connectivity index (χ0) is 18.2. The van der Waals surface area contributed by atoms with Crippen molar-refractivity contribution in [3.8, 4) is 5.75 Å². The minimum atomic E-state index is -0.258. The second kappa shape index (κ2) is 9.56. The molecule has 0 saturated heterocycles. The predicted molar refractivity (Wildman–Crippen MR) is 104 cm³/mol. The highest BCUT2D eigenvalue weighted by Gasteiger charge is 2.09. The number of ether oxygens (including phenoxy) is 1. The van der Waals surface area contributed by atoms with E-state index in [1.807, 2.05) is 0 Å². The van der Waals surface area contributed by atoms with Gasteiger partial charge in [0, 0.05) is 10.7 Å². The fourth-order valence-corrected chi connectivity index (χ4v) is 2.84. The first-order valence-electron chi connectivity index (χ1n) is 7.24. The van der Waals surface area contributed by atoms with E-state index >= 15 is 0 Å². The number of thioether (sulfide) groups is 1. The summed E-state index contributed by atoms with van der Waals surface area (Å²) in [5.41, 5.74) is 1.11. The van der Waals surface area contributed by atoms with Gasteiger partial charge in [-0.1, -0.05) is 23.2 Å². The fourth-order valence-electron chi connectivity index (χ4n) is 1.89. The first-order chi connectivity index (χ1) is 12.0. The molecule has 0 spiro atoms. The third-order valence-corrected chi connectivity index (χ3v) is 4.54. The molecule has 2 rings (SSSR count). The lowest BCUT2D eigenvalue weighted by atomic mass is 10.3. The van der Waals surface area contributed by atoms with Gasteiger partial charge in [0.15, 0.2) is 0 Å². The number of halogens is 2. The van der Waals surface area contributed by atoms with E-state index in [1.165, 1.54) is 11.8 Å². The molecule has 0 aliphatic carbocycles. The zero-order valence-corrected chi connectivity index (χ0v) is 15.7. The molecule has 2 aromatic rings. The van der Waals surface area contributed by atoms with Crippen molar-refractivity contribution in [1.29, 1.82) is 0 Å². The van der Waals surface area contributed by atoms with E-state index in [-0.39, 0.29) is 23.3 Å². The van der Waals surface area contributed by atoms with Crippen molar-refractivity contribution < 1.29 is 14.3 Å². The summed E-state index contributed by atoms with van der Waals surface area (Å²) in [6.45, 7) is 0. The van der Waals surface area contributed by atoms with Crippen LogP contribution in [0.5, 0.6) is 5.75 Å². The van der Waals surface area contributed by atoms with E-state index in [0.29, 0.717) is 27.2 Å². The molecule has 0 aliphatic rings. The average molecular weight is 399 g/mol. The van der Waals surface area contributed by atoms with Gasteiger partial charge in [0.25, 0.3) is 0 Å². The molecule has 2 aromatic carbocycles. The Hall–Kier alpha value is -1.89. The van der Waals surface area contributed by atoms with E-state index in [9.17, 15) is 9.59 Å². The maximum atomic E-state index is 11.9. The van der Waals surface area contributed by atoms with Crippen molar-refractivity contribution in [2.75, 3.05) is 29.2 Å². The van der Waals surface area contributed by atoms with Gasteiger partial charge in [-0.15, -0.1) is 11.8 Å². The minimum absolute atomic E-state index is 0.124. The molecule has 132 valence electrons. The first-order valence-corrected chi connectivity index (χ1v) is 9.15. The Morgan fingerprint density at radius 1 is 1.00 bits per heavy atom. The third kappa shape index (κ3) is 6.49. The average Bonchev–Trinajstić information content (AvgIpc) is 2.59. The zero-order valence-electron chi connectivity index (χ0n) is 13.3. The highest BCUT2D eigenvalue weighted by Crippen LogP contribution is 2.25. The molecule has 0 atom stereocenters. The lowest BCUT2D eigenvalue weighted by Crippen LogP contribution is -2.18. The number of nitrogens with one attached hydrogen (secondary N) is 2. The molecule has 0 bridgehead atoms. The Morgan fingerprint density at radius 3 is 2.28 bits per heavy atom. The number of anilines is 2. The Bertz CT molecular complexity index is 754. The van der Waals surface area contributed by atoms with Gasteiger partial charge in [-0.25, -0.2) is 0 Å². The number of carbonyl (C=O) groups is 2.